The molecule has 0 aliphatic carbocycles. The second kappa shape index (κ2) is 7.59. The van der Waals surface area contributed by atoms with Crippen LogP contribution in [0, 0.1) is 0 Å². The van der Waals surface area contributed by atoms with Crippen LogP contribution in [0.3, 0.4) is 0 Å². The van der Waals surface area contributed by atoms with Gasteiger partial charge in [-0.25, -0.2) is 4.79 Å². The summed E-state index contributed by atoms with van der Waals surface area (Å²) in [6, 6.07) is 3.04. The highest BCUT2D eigenvalue weighted by molar-refractivity contribution is 5.93. The van der Waals surface area contributed by atoms with E-state index in [1.807, 2.05) is 6.92 Å². The summed E-state index contributed by atoms with van der Waals surface area (Å²) in [6.45, 7) is 3.73. The Balaban J connectivity index is 3.00. The molecule has 0 aromatic heterocycles. The number of ether oxygens (including phenoxy) is 3. The van der Waals surface area contributed by atoms with Gasteiger partial charge in [0.05, 0.1) is 21.3 Å². The van der Waals surface area contributed by atoms with Gasteiger partial charge in [-0.3, -0.25) is 4.89 Å². The van der Waals surface area contributed by atoms with Crippen LogP contribution >= 0.6 is 0 Å². The van der Waals surface area contributed by atoms with Gasteiger partial charge >= 0.3 is 5.97 Å². The third kappa shape index (κ3) is 3.77. The fraction of sp³-hybridized carbons (Fsp3) is 0.500. The number of carbonyl (C=O) groups excluding carboxylic acids is 1. The normalized spacial score (nSPS) is 11.7. The first kappa shape index (κ1) is 16.1. The Morgan fingerprint density at radius 2 is 1.60 bits per heavy atom. The SMILES string of the molecule is CCC(C)OOC(=O)c1cc(OC)c(OC)cc1OC. The summed E-state index contributed by atoms with van der Waals surface area (Å²) in [6.07, 6.45) is 0.557. The van der Waals surface area contributed by atoms with Crippen molar-refractivity contribution in [1.82, 2.24) is 0 Å². The molecule has 0 aliphatic heterocycles. The molecular weight excluding hydrogens is 264 g/mol. The van der Waals surface area contributed by atoms with Crippen LogP contribution in [0.15, 0.2) is 12.1 Å². The van der Waals surface area contributed by atoms with Crippen LogP contribution in [-0.2, 0) is 9.78 Å². The maximum atomic E-state index is 12.0. The highest BCUT2D eigenvalue weighted by atomic mass is 17.2. The average Bonchev–Trinajstić information content (AvgIpc) is 2.50. The molecule has 0 spiro atoms. The van der Waals surface area contributed by atoms with Crippen molar-refractivity contribution < 1.29 is 28.8 Å². The molecule has 6 nitrogen and oxygen atoms in total. The standard InChI is InChI=1S/C14H20O6/c1-6-9(2)19-20-14(15)10-7-12(17-4)13(18-5)8-11(10)16-3/h7-9H,6H2,1-5H3. The van der Waals surface area contributed by atoms with Gasteiger partial charge in [0, 0.05) is 12.1 Å². The van der Waals surface area contributed by atoms with Gasteiger partial charge in [0.15, 0.2) is 11.5 Å². The van der Waals surface area contributed by atoms with E-state index in [9.17, 15) is 4.79 Å². The largest absolute Gasteiger partial charge is 0.496 e. The molecule has 112 valence electrons. The molecule has 6 heteroatoms. The van der Waals surface area contributed by atoms with E-state index in [0.29, 0.717) is 17.2 Å². The van der Waals surface area contributed by atoms with Crippen molar-refractivity contribution in [2.75, 3.05) is 21.3 Å². The zero-order chi connectivity index (χ0) is 15.1. The molecular formula is C14H20O6. The minimum Gasteiger partial charge on any atom is -0.496 e. The topological polar surface area (TPSA) is 63.2 Å². The minimum absolute atomic E-state index is 0.176. The summed E-state index contributed by atoms with van der Waals surface area (Å²) in [5.41, 5.74) is 0.202. The van der Waals surface area contributed by atoms with Crippen molar-refractivity contribution in [3.05, 3.63) is 17.7 Å². The van der Waals surface area contributed by atoms with Gasteiger partial charge in [0.25, 0.3) is 0 Å². The van der Waals surface area contributed by atoms with Crippen molar-refractivity contribution in [3.63, 3.8) is 0 Å². The number of methoxy groups -OCH3 is 3. The smallest absolute Gasteiger partial charge is 0.376 e. The molecule has 0 fully saturated rings. The molecule has 0 radical (unpaired) electrons. The van der Waals surface area contributed by atoms with Crippen LogP contribution in [0.2, 0.25) is 0 Å². The van der Waals surface area contributed by atoms with Gasteiger partial charge < -0.3 is 14.2 Å². The summed E-state index contributed by atoms with van der Waals surface area (Å²) in [5.74, 6) is 0.538. The molecule has 1 atom stereocenters. The average molecular weight is 284 g/mol. The number of carbonyl (C=O) groups is 1. The molecule has 0 bridgehead atoms. The lowest BCUT2D eigenvalue weighted by atomic mass is 10.1. The highest BCUT2D eigenvalue weighted by Crippen LogP contribution is 2.34. The van der Waals surface area contributed by atoms with Gasteiger partial charge in [-0.2, -0.15) is 4.89 Å². The summed E-state index contributed by atoms with van der Waals surface area (Å²) in [7, 11) is 4.43. The van der Waals surface area contributed by atoms with E-state index in [1.165, 1.54) is 27.4 Å². The Morgan fingerprint density at radius 3 is 2.10 bits per heavy atom. The quantitative estimate of drug-likeness (QED) is 0.566. The van der Waals surface area contributed by atoms with Crippen LogP contribution in [0.25, 0.3) is 0 Å². The van der Waals surface area contributed by atoms with Gasteiger partial charge in [0.1, 0.15) is 17.4 Å². The first-order valence-corrected chi connectivity index (χ1v) is 6.25. The van der Waals surface area contributed by atoms with E-state index >= 15 is 0 Å². The maximum Gasteiger partial charge on any atom is 0.376 e. The third-order valence-corrected chi connectivity index (χ3v) is 2.79. The molecule has 20 heavy (non-hydrogen) atoms. The fourth-order valence-electron chi connectivity index (χ4n) is 1.43. The van der Waals surface area contributed by atoms with Crippen molar-refractivity contribution in [2.24, 2.45) is 0 Å². The first-order valence-electron chi connectivity index (χ1n) is 6.25. The zero-order valence-electron chi connectivity index (χ0n) is 12.4. The number of hydrogen-bond donors (Lipinski definition) is 0. The zero-order valence-corrected chi connectivity index (χ0v) is 12.4. The van der Waals surface area contributed by atoms with E-state index in [2.05, 4.69) is 0 Å². The first-order chi connectivity index (χ1) is 9.57. The predicted molar refractivity (Wildman–Crippen MR) is 72.4 cm³/mol. The van der Waals surface area contributed by atoms with E-state index in [0.717, 1.165) is 6.42 Å². The second-order valence-electron chi connectivity index (χ2n) is 4.09. The monoisotopic (exact) mass is 284 g/mol. The molecule has 0 saturated heterocycles. The summed E-state index contributed by atoms with van der Waals surface area (Å²) in [4.78, 5) is 21.7. The van der Waals surface area contributed by atoms with Gasteiger partial charge in [-0.05, 0) is 13.3 Å². The minimum atomic E-state index is -0.650. The maximum absolute atomic E-state index is 12.0. The Morgan fingerprint density at radius 1 is 1.05 bits per heavy atom. The number of benzene rings is 1. The Bertz CT molecular complexity index is 457. The molecule has 0 amide bonds. The summed E-state index contributed by atoms with van der Waals surface area (Å²) in [5, 5.41) is 0. The Kier molecular flexibility index (Phi) is 6.11. The number of hydrogen-bond acceptors (Lipinski definition) is 6. The molecule has 0 saturated carbocycles. The highest BCUT2D eigenvalue weighted by Gasteiger charge is 2.20. The van der Waals surface area contributed by atoms with Crippen LogP contribution in [-0.4, -0.2) is 33.4 Å². The number of rotatable bonds is 7. The molecule has 1 aromatic carbocycles. The van der Waals surface area contributed by atoms with Gasteiger partial charge in [-0.15, -0.1) is 0 Å². The molecule has 1 rings (SSSR count). The summed E-state index contributed by atoms with van der Waals surface area (Å²) >= 11 is 0. The molecule has 0 N–H and O–H groups in total. The lowest BCUT2D eigenvalue weighted by Gasteiger charge is -2.14. The van der Waals surface area contributed by atoms with Crippen LogP contribution in [0.5, 0.6) is 17.2 Å². The van der Waals surface area contributed by atoms with Gasteiger partial charge in [0.2, 0.25) is 0 Å². The van der Waals surface area contributed by atoms with Crippen molar-refractivity contribution in [2.45, 2.75) is 26.4 Å². The van der Waals surface area contributed by atoms with Crippen LogP contribution in [0.4, 0.5) is 0 Å². The van der Waals surface area contributed by atoms with E-state index in [1.54, 1.807) is 13.0 Å². The fourth-order valence-corrected chi connectivity index (χ4v) is 1.43. The molecule has 0 aliphatic rings. The molecule has 1 aromatic rings. The van der Waals surface area contributed by atoms with Crippen molar-refractivity contribution >= 4 is 5.97 Å². The van der Waals surface area contributed by atoms with Crippen LogP contribution < -0.4 is 14.2 Å². The third-order valence-electron chi connectivity index (χ3n) is 2.79. The Labute approximate surface area is 118 Å². The predicted octanol–water partition coefficient (Wildman–Crippen LogP) is 2.60. The van der Waals surface area contributed by atoms with E-state index in [4.69, 9.17) is 24.0 Å². The lowest BCUT2D eigenvalue weighted by molar-refractivity contribution is -0.270. The van der Waals surface area contributed by atoms with Crippen molar-refractivity contribution in [1.29, 1.82) is 0 Å². The Hall–Kier alpha value is -1.95. The van der Waals surface area contributed by atoms with Gasteiger partial charge in [-0.1, -0.05) is 6.92 Å². The van der Waals surface area contributed by atoms with E-state index < -0.39 is 5.97 Å². The van der Waals surface area contributed by atoms with E-state index in [-0.39, 0.29) is 11.7 Å². The summed E-state index contributed by atoms with van der Waals surface area (Å²) < 4.78 is 15.4. The molecule has 1 unspecified atom stereocenters. The second-order valence-corrected chi connectivity index (χ2v) is 4.09. The van der Waals surface area contributed by atoms with Crippen molar-refractivity contribution in [3.8, 4) is 17.2 Å². The van der Waals surface area contributed by atoms with Crippen LogP contribution in [0.1, 0.15) is 30.6 Å². The lowest BCUT2D eigenvalue weighted by Crippen LogP contribution is -2.13. The molecule has 0 heterocycles.